The smallest absolute Gasteiger partial charge is 0.356 e. The molecule has 2 N–H and O–H groups in total. The van der Waals surface area contributed by atoms with Gasteiger partial charge in [-0.3, -0.25) is 19.6 Å². The van der Waals surface area contributed by atoms with Gasteiger partial charge in [0.1, 0.15) is 28.7 Å². The summed E-state index contributed by atoms with van der Waals surface area (Å²) in [5, 5.41) is 29.2. The highest BCUT2D eigenvalue weighted by atomic mass is 16.5. The number of aromatic nitrogens is 19. The highest BCUT2D eigenvalue weighted by Gasteiger charge is 2.20. The lowest BCUT2D eigenvalue weighted by atomic mass is 10.1. The molecule has 25 nitrogen and oxygen atoms in total. The SMILES string of the molecule is COC(=O)c1cc(-c2cn(C(C)C)cn2)c(C)cn1.Cc1cnc(C(=O)Nc2cccc(-n3nnnc3C(C)C)n2)cc1-c1cn(C(C)C)cn1.Cc1cnc(C(=O)Nc2cccc(-n3nnnc3C(C)C)n2)cc1-c1cn(C(C)C)cn1. The molecular weight excluding hydrogens is 1050 g/mol. The van der Waals surface area contributed by atoms with E-state index in [1.807, 2.05) is 80.8 Å². The Labute approximate surface area is 480 Å². The van der Waals surface area contributed by atoms with Crippen LogP contribution in [0.15, 0.2) is 111 Å². The Hall–Kier alpha value is -10.1. The molecule has 0 saturated carbocycles. The highest BCUT2D eigenvalue weighted by molar-refractivity contribution is 6.03. The number of ether oxygens (including phenoxy) is 1. The van der Waals surface area contributed by atoms with Gasteiger partial charge in [0.25, 0.3) is 11.8 Å². The molecule has 10 heterocycles. The third-order valence-electron chi connectivity index (χ3n) is 13.0. The Balaban J connectivity index is 0.000000169. The molecule has 0 bridgehead atoms. The summed E-state index contributed by atoms with van der Waals surface area (Å²) < 4.78 is 13.9. The summed E-state index contributed by atoms with van der Waals surface area (Å²) in [5.74, 6) is 2.26. The van der Waals surface area contributed by atoms with E-state index >= 15 is 0 Å². The first-order valence-electron chi connectivity index (χ1n) is 26.9. The fourth-order valence-corrected chi connectivity index (χ4v) is 8.16. The number of imidazole rings is 3. The molecule has 10 aromatic heterocycles. The average Bonchev–Trinajstić information content (AvgIpc) is 4.55. The van der Waals surface area contributed by atoms with Crippen LogP contribution in [0, 0.1) is 20.8 Å². The van der Waals surface area contributed by atoms with Crippen molar-refractivity contribution < 1.29 is 19.1 Å². The summed E-state index contributed by atoms with van der Waals surface area (Å²) in [6.07, 6.45) is 16.3. The number of hydrogen-bond acceptors (Lipinski definition) is 18. The lowest BCUT2D eigenvalue weighted by Crippen LogP contribution is -2.16. The van der Waals surface area contributed by atoms with Crippen molar-refractivity contribution in [3.05, 3.63) is 156 Å². The molecular formula is C58H67N21O4. The summed E-state index contributed by atoms with van der Waals surface area (Å²) in [6, 6.07) is 16.7. The fourth-order valence-electron chi connectivity index (χ4n) is 8.16. The Morgan fingerprint density at radius 2 is 0.831 bits per heavy atom. The maximum atomic E-state index is 12.9. The summed E-state index contributed by atoms with van der Waals surface area (Å²) in [7, 11) is 1.34. The fraction of sp³-hybridized carbons (Fsp3) is 0.328. The lowest BCUT2D eigenvalue weighted by Gasteiger charge is -2.10. The second kappa shape index (κ2) is 26.0. The van der Waals surface area contributed by atoms with E-state index in [1.165, 1.54) is 7.11 Å². The molecule has 0 aliphatic heterocycles. The molecule has 0 spiro atoms. The van der Waals surface area contributed by atoms with E-state index in [0.717, 1.165) is 50.5 Å². The zero-order chi connectivity index (χ0) is 59.6. The number of esters is 1. The molecule has 25 heteroatoms. The Kier molecular flexibility index (Phi) is 18.5. The van der Waals surface area contributed by atoms with Crippen LogP contribution in [0.1, 0.15) is 159 Å². The van der Waals surface area contributed by atoms with E-state index in [4.69, 9.17) is 0 Å². The minimum absolute atomic E-state index is 0.124. The molecule has 0 aliphatic rings. The number of amides is 2. The van der Waals surface area contributed by atoms with Gasteiger partial charge in [-0.05, 0) is 142 Å². The zero-order valence-electron chi connectivity index (χ0n) is 48.9. The molecule has 0 aromatic carbocycles. The molecule has 0 atom stereocenters. The number of tetrazole rings is 2. The first-order chi connectivity index (χ1) is 39.7. The average molecular weight is 1120 g/mol. The number of nitrogens with one attached hydrogen (secondary N) is 2. The van der Waals surface area contributed by atoms with Gasteiger partial charge >= 0.3 is 5.97 Å². The molecule has 0 unspecified atom stereocenters. The second-order valence-corrected chi connectivity index (χ2v) is 20.9. The van der Waals surface area contributed by atoms with E-state index in [0.29, 0.717) is 58.7 Å². The summed E-state index contributed by atoms with van der Waals surface area (Å²) in [4.78, 5) is 72.3. The largest absolute Gasteiger partial charge is 0.464 e. The number of pyridine rings is 5. The van der Waals surface area contributed by atoms with Gasteiger partial charge in [0, 0.05) is 83.8 Å². The van der Waals surface area contributed by atoms with Crippen LogP contribution in [-0.2, 0) is 4.74 Å². The van der Waals surface area contributed by atoms with Gasteiger partial charge in [0.15, 0.2) is 23.3 Å². The molecule has 10 aromatic rings. The van der Waals surface area contributed by atoms with Gasteiger partial charge in [0.2, 0.25) is 0 Å². The number of carbonyl (C=O) groups excluding carboxylic acids is 3. The molecule has 0 aliphatic carbocycles. The molecule has 0 radical (unpaired) electrons. The monoisotopic (exact) mass is 1120 g/mol. The van der Waals surface area contributed by atoms with Crippen molar-refractivity contribution in [1.82, 2.24) is 94.0 Å². The standard InChI is InChI=1S/2C22H25N9O.C14H17N3O2/c2*1-13(2)21-27-28-29-31(21)20-8-6-7-19(25-20)26-22(32)17-9-16(15(5)10-23-17)18-11-30(12-24-18)14(3)4;1-9(2)17-7-13(16-8-17)11-5-12(14(18)19-4)15-6-10(11)3/h2*6-14H,1-5H3,(H,25,26,32);5-9H,1-4H3. The van der Waals surface area contributed by atoms with Crippen LogP contribution in [0.25, 0.3) is 45.4 Å². The number of rotatable bonds is 15. The van der Waals surface area contributed by atoms with Gasteiger partial charge in [0.05, 0.1) is 43.2 Å². The topological polar surface area (TPSA) is 290 Å². The first-order valence-corrected chi connectivity index (χ1v) is 26.9. The van der Waals surface area contributed by atoms with Crippen molar-refractivity contribution in [3.63, 3.8) is 0 Å². The van der Waals surface area contributed by atoms with E-state index in [1.54, 1.807) is 102 Å². The molecule has 2 amide bonds. The number of carbonyl (C=O) groups is 3. The van der Waals surface area contributed by atoms with Gasteiger partial charge < -0.3 is 29.1 Å². The van der Waals surface area contributed by atoms with Crippen molar-refractivity contribution in [3.8, 4) is 45.4 Å². The van der Waals surface area contributed by atoms with Crippen LogP contribution in [0.5, 0.6) is 0 Å². The van der Waals surface area contributed by atoms with E-state index in [2.05, 4.69) is 128 Å². The van der Waals surface area contributed by atoms with Crippen LogP contribution in [0.2, 0.25) is 0 Å². The Bertz CT molecular complexity index is 3690. The minimum Gasteiger partial charge on any atom is -0.464 e. The third-order valence-corrected chi connectivity index (χ3v) is 13.0. The lowest BCUT2D eigenvalue weighted by molar-refractivity contribution is 0.0593. The number of hydrogen-bond donors (Lipinski definition) is 2. The molecule has 83 heavy (non-hydrogen) atoms. The van der Waals surface area contributed by atoms with Gasteiger partial charge in [-0.15, -0.1) is 10.2 Å². The van der Waals surface area contributed by atoms with Crippen molar-refractivity contribution in [2.45, 2.75) is 120 Å². The summed E-state index contributed by atoms with van der Waals surface area (Å²) in [5.41, 5.74) is 8.76. The second-order valence-electron chi connectivity index (χ2n) is 20.9. The van der Waals surface area contributed by atoms with E-state index < -0.39 is 5.97 Å². The molecule has 428 valence electrons. The van der Waals surface area contributed by atoms with Crippen molar-refractivity contribution >= 4 is 29.4 Å². The van der Waals surface area contributed by atoms with Crippen molar-refractivity contribution in [2.75, 3.05) is 17.7 Å². The quantitative estimate of drug-likeness (QED) is 0.0902. The number of methoxy groups -OCH3 is 1. The maximum Gasteiger partial charge on any atom is 0.356 e. The number of aryl methyl sites for hydroxylation is 3. The van der Waals surface area contributed by atoms with Crippen LogP contribution >= 0.6 is 0 Å². The third kappa shape index (κ3) is 14.1. The van der Waals surface area contributed by atoms with E-state index in [-0.39, 0.29) is 35.0 Å². The normalized spacial score (nSPS) is 11.2. The van der Waals surface area contributed by atoms with Gasteiger partial charge in [-0.1, -0.05) is 39.8 Å². The predicted molar refractivity (Wildman–Crippen MR) is 311 cm³/mol. The van der Waals surface area contributed by atoms with Crippen LogP contribution in [0.4, 0.5) is 11.6 Å². The maximum absolute atomic E-state index is 12.9. The number of anilines is 2. The first kappa shape index (κ1) is 59.1. The molecule has 10 rings (SSSR count). The van der Waals surface area contributed by atoms with E-state index in [9.17, 15) is 14.4 Å². The highest BCUT2D eigenvalue weighted by Crippen LogP contribution is 2.27. The summed E-state index contributed by atoms with van der Waals surface area (Å²) in [6.45, 7) is 26.4. The zero-order valence-corrected chi connectivity index (χ0v) is 48.9. The summed E-state index contributed by atoms with van der Waals surface area (Å²) >= 11 is 0. The molecule has 0 saturated heterocycles. The van der Waals surface area contributed by atoms with Crippen LogP contribution in [0.3, 0.4) is 0 Å². The van der Waals surface area contributed by atoms with Gasteiger partial charge in [-0.25, -0.2) is 34.7 Å². The van der Waals surface area contributed by atoms with Crippen molar-refractivity contribution in [1.29, 1.82) is 0 Å². The molecule has 0 fully saturated rings. The number of nitrogens with zero attached hydrogens (tertiary/aromatic N) is 19. The van der Waals surface area contributed by atoms with Crippen molar-refractivity contribution in [2.24, 2.45) is 0 Å². The van der Waals surface area contributed by atoms with Crippen LogP contribution < -0.4 is 10.6 Å². The van der Waals surface area contributed by atoms with Crippen LogP contribution in [-0.4, -0.2) is 119 Å². The predicted octanol–water partition coefficient (Wildman–Crippen LogP) is 9.78. The minimum atomic E-state index is -0.440. The Morgan fingerprint density at radius 3 is 1.16 bits per heavy atom. The Morgan fingerprint density at radius 1 is 0.482 bits per heavy atom. The van der Waals surface area contributed by atoms with Gasteiger partial charge in [-0.2, -0.15) is 9.36 Å².